The fraction of sp³-hybridized carbons (Fsp3) is 0.143. The number of nitro benzene ring substituents is 1. The lowest BCUT2D eigenvalue weighted by Crippen LogP contribution is -2.09. The van der Waals surface area contributed by atoms with Crippen molar-refractivity contribution in [2.24, 2.45) is 0 Å². The highest BCUT2D eigenvalue weighted by molar-refractivity contribution is 5.38. The van der Waals surface area contributed by atoms with Gasteiger partial charge in [-0.15, -0.1) is 0 Å². The van der Waals surface area contributed by atoms with E-state index in [4.69, 9.17) is 9.47 Å². The summed E-state index contributed by atoms with van der Waals surface area (Å²) in [6.45, 7) is 0.420. The molecule has 0 fully saturated rings. The fourth-order valence-corrected chi connectivity index (χ4v) is 1.57. The first-order chi connectivity index (χ1) is 9.65. The number of ether oxygens (including phenoxy) is 2. The first-order valence-corrected chi connectivity index (χ1v) is 5.91. The third kappa shape index (κ3) is 3.94. The molecule has 0 N–H and O–H groups in total. The van der Waals surface area contributed by atoms with Gasteiger partial charge in [-0.1, -0.05) is 18.2 Å². The molecule has 0 aromatic heterocycles. The van der Waals surface area contributed by atoms with E-state index in [0.29, 0.717) is 5.75 Å². The third-order valence-electron chi connectivity index (χ3n) is 2.43. The average molecular weight is 277 g/mol. The van der Waals surface area contributed by atoms with Crippen LogP contribution in [0.4, 0.5) is 10.1 Å². The standard InChI is InChI=1S/C14H12FNO4/c15-11-8-12(16(17)18)10-14(9-11)20-7-6-19-13-4-2-1-3-5-13/h1-5,8-10H,6-7H2. The second-order valence-corrected chi connectivity index (χ2v) is 3.91. The summed E-state index contributed by atoms with van der Waals surface area (Å²) in [5, 5.41) is 10.6. The summed E-state index contributed by atoms with van der Waals surface area (Å²) >= 11 is 0. The highest BCUT2D eigenvalue weighted by Crippen LogP contribution is 2.21. The number of nitrogens with zero attached hydrogens (tertiary/aromatic N) is 1. The third-order valence-corrected chi connectivity index (χ3v) is 2.43. The lowest BCUT2D eigenvalue weighted by Gasteiger charge is -2.08. The topological polar surface area (TPSA) is 61.6 Å². The Kier molecular flexibility index (Phi) is 4.49. The van der Waals surface area contributed by atoms with Crippen molar-refractivity contribution in [1.29, 1.82) is 0 Å². The van der Waals surface area contributed by atoms with E-state index in [9.17, 15) is 14.5 Å². The Hall–Kier alpha value is -2.63. The van der Waals surface area contributed by atoms with Crippen molar-refractivity contribution in [3.63, 3.8) is 0 Å². The SMILES string of the molecule is O=[N+]([O-])c1cc(F)cc(OCCOc2ccccc2)c1. The Morgan fingerprint density at radius 3 is 2.30 bits per heavy atom. The molecule has 0 aliphatic carbocycles. The summed E-state index contributed by atoms with van der Waals surface area (Å²) in [5.74, 6) is 0.0906. The number of non-ortho nitro benzene ring substituents is 1. The molecule has 2 aromatic carbocycles. The van der Waals surface area contributed by atoms with Crippen LogP contribution in [0, 0.1) is 15.9 Å². The van der Waals surface area contributed by atoms with Crippen LogP contribution in [0.2, 0.25) is 0 Å². The summed E-state index contributed by atoms with van der Waals surface area (Å²) in [5.41, 5.74) is -0.344. The molecule has 0 saturated carbocycles. The molecule has 5 nitrogen and oxygen atoms in total. The molecule has 0 radical (unpaired) electrons. The molecule has 0 saturated heterocycles. The largest absolute Gasteiger partial charge is 0.490 e. The molecule has 20 heavy (non-hydrogen) atoms. The number of hydrogen-bond acceptors (Lipinski definition) is 4. The summed E-state index contributed by atoms with van der Waals surface area (Å²) in [6, 6.07) is 12.3. The van der Waals surface area contributed by atoms with Crippen LogP contribution in [-0.4, -0.2) is 18.1 Å². The Morgan fingerprint density at radius 1 is 1.00 bits per heavy atom. The first kappa shape index (κ1) is 13.8. The fourth-order valence-electron chi connectivity index (χ4n) is 1.57. The maximum Gasteiger partial charge on any atom is 0.276 e. The van der Waals surface area contributed by atoms with Crippen molar-refractivity contribution in [1.82, 2.24) is 0 Å². The summed E-state index contributed by atoms with van der Waals surface area (Å²) in [7, 11) is 0. The Balaban J connectivity index is 1.86. The van der Waals surface area contributed by atoms with Crippen molar-refractivity contribution in [3.05, 3.63) is 64.5 Å². The zero-order valence-electron chi connectivity index (χ0n) is 10.5. The molecule has 0 spiro atoms. The van der Waals surface area contributed by atoms with E-state index in [1.54, 1.807) is 12.1 Å². The average Bonchev–Trinajstić information content (AvgIpc) is 2.44. The highest BCUT2D eigenvalue weighted by Gasteiger charge is 2.10. The van der Waals surface area contributed by atoms with E-state index in [1.165, 1.54) is 6.07 Å². The second kappa shape index (κ2) is 6.51. The van der Waals surface area contributed by atoms with E-state index in [2.05, 4.69) is 0 Å². The van der Waals surface area contributed by atoms with Gasteiger partial charge in [0, 0.05) is 6.07 Å². The van der Waals surface area contributed by atoms with Crippen LogP contribution in [0.25, 0.3) is 0 Å². The Bertz CT molecular complexity index is 589. The van der Waals surface area contributed by atoms with Crippen molar-refractivity contribution in [3.8, 4) is 11.5 Å². The molecule has 6 heteroatoms. The number of para-hydroxylation sites is 1. The van der Waals surface area contributed by atoms with E-state index < -0.39 is 10.7 Å². The molecule has 0 heterocycles. The van der Waals surface area contributed by atoms with E-state index >= 15 is 0 Å². The van der Waals surface area contributed by atoms with Crippen molar-refractivity contribution >= 4 is 5.69 Å². The summed E-state index contributed by atoms with van der Waals surface area (Å²) < 4.78 is 23.8. The van der Waals surface area contributed by atoms with Gasteiger partial charge in [0.1, 0.15) is 30.5 Å². The lowest BCUT2D eigenvalue weighted by molar-refractivity contribution is -0.385. The number of rotatable bonds is 6. The van der Waals surface area contributed by atoms with Crippen LogP contribution in [0.3, 0.4) is 0 Å². The maximum absolute atomic E-state index is 13.1. The molecule has 2 rings (SSSR count). The molecule has 0 aliphatic heterocycles. The van der Waals surface area contributed by atoms with Gasteiger partial charge in [-0.2, -0.15) is 0 Å². The molecular weight excluding hydrogens is 265 g/mol. The van der Waals surface area contributed by atoms with Gasteiger partial charge in [-0.05, 0) is 12.1 Å². The van der Waals surface area contributed by atoms with Gasteiger partial charge in [-0.25, -0.2) is 4.39 Å². The van der Waals surface area contributed by atoms with Gasteiger partial charge < -0.3 is 9.47 Å². The maximum atomic E-state index is 13.1. The number of hydrogen-bond donors (Lipinski definition) is 0. The van der Waals surface area contributed by atoms with Crippen LogP contribution in [0.15, 0.2) is 48.5 Å². The van der Waals surface area contributed by atoms with E-state index in [0.717, 1.165) is 12.1 Å². The summed E-state index contributed by atoms with van der Waals surface area (Å²) in [4.78, 5) is 9.91. The monoisotopic (exact) mass is 277 g/mol. The quantitative estimate of drug-likeness (QED) is 0.462. The minimum Gasteiger partial charge on any atom is -0.490 e. The number of benzene rings is 2. The molecule has 0 aliphatic rings. The first-order valence-electron chi connectivity index (χ1n) is 5.91. The van der Waals surface area contributed by atoms with Gasteiger partial charge in [0.15, 0.2) is 0 Å². The highest BCUT2D eigenvalue weighted by atomic mass is 19.1. The van der Waals surface area contributed by atoms with Crippen molar-refractivity contribution in [2.45, 2.75) is 0 Å². The van der Waals surface area contributed by atoms with Crippen molar-refractivity contribution < 1.29 is 18.8 Å². The normalized spacial score (nSPS) is 10.1. The molecular formula is C14H12FNO4. The molecule has 2 aromatic rings. The van der Waals surface area contributed by atoms with E-state index in [1.807, 2.05) is 18.2 Å². The predicted octanol–water partition coefficient (Wildman–Crippen LogP) is 3.19. The molecule has 104 valence electrons. The smallest absolute Gasteiger partial charge is 0.276 e. The lowest BCUT2D eigenvalue weighted by atomic mass is 10.3. The summed E-state index contributed by atoms with van der Waals surface area (Å²) in [6.07, 6.45) is 0. The second-order valence-electron chi connectivity index (χ2n) is 3.91. The molecule has 0 bridgehead atoms. The van der Waals surface area contributed by atoms with Gasteiger partial charge in [0.05, 0.1) is 17.1 Å². The minimum absolute atomic E-state index is 0.105. The van der Waals surface area contributed by atoms with Gasteiger partial charge >= 0.3 is 0 Å². The number of nitro groups is 1. The van der Waals surface area contributed by atoms with Gasteiger partial charge in [-0.3, -0.25) is 10.1 Å². The molecule has 0 atom stereocenters. The zero-order chi connectivity index (χ0) is 14.4. The van der Waals surface area contributed by atoms with Gasteiger partial charge in [0.25, 0.3) is 5.69 Å². The van der Waals surface area contributed by atoms with Crippen LogP contribution in [-0.2, 0) is 0 Å². The zero-order valence-corrected chi connectivity index (χ0v) is 10.5. The van der Waals surface area contributed by atoms with E-state index in [-0.39, 0.29) is 24.7 Å². The predicted molar refractivity (Wildman–Crippen MR) is 70.5 cm³/mol. The van der Waals surface area contributed by atoms with Crippen molar-refractivity contribution in [2.75, 3.05) is 13.2 Å². The minimum atomic E-state index is -0.710. The van der Waals surface area contributed by atoms with Crippen LogP contribution in [0.5, 0.6) is 11.5 Å². The number of halogens is 1. The molecule has 0 amide bonds. The van der Waals surface area contributed by atoms with Crippen LogP contribution in [0.1, 0.15) is 0 Å². The Morgan fingerprint density at radius 2 is 1.65 bits per heavy atom. The van der Waals surface area contributed by atoms with Gasteiger partial charge in [0.2, 0.25) is 0 Å². The molecule has 0 unspecified atom stereocenters. The van der Waals surface area contributed by atoms with Crippen LogP contribution < -0.4 is 9.47 Å². The Labute approximate surface area is 114 Å². The van der Waals surface area contributed by atoms with Crippen LogP contribution >= 0.6 is 0 Å².